The fourth-order valence-electron chi connectivity index (χ4n) is 10.3. The molecule has 352 valence electrons. The summed E-state index contributed by atoms with van der Waals surface area (Å²) in [4.78, 5) is 68.9. The van der Waals surface area contributed by atoms with Crippen molar-refractivity contribution in [1.82, 2.24) is 15.0 Å². The quantitative estimate of drug-likeness (QED) is 0.0417. The molecular weight excluding hydrogens is 837 g/mol. The van der Waals surface area contributed by atoms with Gasteiger partial charge in [-0.1, -0.05) is 159 Å². The van der Waals surface area contributed by atoms with Gasteiger partial charge in [0.25, 0.3) is 0 Å². The van der Waals surface area contributed by atoms with Crippen LogP contribution in [0.1, 0.15) is 191 Å². The molecule has 0 N–H and O–H groups in total. The molecule has 1 aliphatic carbocycles. The zero-order valence-corrected chi connectivity index (χ0v) is 42.9. The monoisotopic (exact) mass is 909 g/mol. The van der Waals surface area contributed by atoms with Crippen LogP contribution in [0.15, 0.2) is 18.0 Å². The second-order valence-corrected chi connectivity index (χ2v) is 19.8. The maximum atomic E-state index is 14.4. The van der Waals surface area contributed by atoms with Crippen molar-refractivity contribution in [3.8, 4) is 0 Å². The fourth-order valence-corrected chi connectivity index (χ4v) is 10.3. The van der Waals surface area contributed by atoms with E-state index in [0.29, 0.717) is 92.5 Å². The molecule has 0 amide bonds. The second-order valence-electron chi connectivity index (χ2n) is 19.8. The summed E-state index contributed by atoms with van der Waals surface area (Å²) >= 11 is 0. The average Bonchev–Trinajstić information content (AvgIpc) is 4.02. The Balaban J connectivity index is 0.00000817. The molecule has 3 aromatic rings. The molecule has 0 radical (unpaired) electrons. The number of carbonyl (C=O) groups excluding carboxylic acids is 4. The first-order chi connectivity index (χ1) is 31.1. The van der Waals surface area contributed by atoms with Crippen molar-refractivity contribution in [2.45, 2.75) is 146 Å². The molecule has 0 spiro atoms. The molecular formula is C55H72MgN4O6-2. The Bertz CT molecular complexity index is 2440. The van der Waals surface area contributed by atoms with Gasteiger partial charge in [0.15, 0.2) is 5.78 Å². The van der Waals surface area contributed by atoms with Crippen molar-refractivity contribution < 1.29 is 28.7 Å². The van der Waals surface area contributed by atoms with E-state index in [0.717, 1.165) is 53.6 Å². The first-order valence-corrected chi connectivity index (χ1v) is 24.4. The van der Waals surface area contributed by atoms with Crippen molar-refractivity contribution in [3.63, 3.8) is 0 Å². The van der Waals surface area contributed by atoms with Gasteiger partial charge in [-0.15, -0.1) is 33.5 Å². The van der Waals surface area contributed by atoms with Crippen LogP contribution in [0.25, 0.3) is 35.2 Å². The summed E-state index contributed by atoms with van der Waals surface area (Å²) in [6.45, 7) is 23.9. The van der Waals surface area contributed by atoms with Gasteiger partial charge in [-0.25, -0.2) is 0 Å². The molecule has 3 aliphatic rings. The summed E-state index contributed by atoms with van der Waals surface area (Å²) in [6.07, 6.45) is 21.5. The molecule has 1 fully saturated rings. The largest absolute Gasteiger partial charge is 2.00 e. The summed E-state index contributed by atoms with van der Waals surface area (Å²) in [6, 6.07) is 0. The maximum Gasteiger partial charge on any atom is 2.00 e. The van der Waals surface area contributed by atoms with Crippen LogP contribution in [0.5, 0.6) is 0 Å². The van der Waals surface area contributed by atoms with Crippen molar-refractivity contribution in [2.75, 3.05) is 13.7 Å². The smallest absolute Gasteiger partial charge is 0.664 e. The van der Waals surface area contributed by atoms with Crippen molar-refractivity contribution in [2.24, 2.45) is 41.4 Å². The molecule has 8 bridgehead atoms. The third-order valence-corrected chi connectivity index (χ3v) is 14.4. The minimum atomic E-state index is -1.26. The molecule has 0 saturated carbocycles. The zero-order valence-electron chi connectivity index (χ0n) is 41.5. The van der Waals surface area contributed by atoms with Gasteiger partial charge < -0.3 is 29.7 Å². The number of aldehydes is 1. The summed E-state index contributed by atoms with van der Waals surface area (Å²) in [7, 11) is 1.28. The number of ether oxygens (including phenoxy) is 2. The first kappa shape index (κ1) is 52.6. The molecule has 11 heteroatoms. The molecule has 6 rings (SSSR count). The Labute approximate surface area is 409 Å². The number of ketones is 1. The molecule has 10 nitrogen and oxygen atoms in total. The summed E-state index contributed by atoms with van der Waals surface area (Å²) in [5.41, 5.74) is 7.73. The number of aromatic nitrogens is 3. The van der Waals surface area contributed by atoms with Gasteiger partial charge >= 0.3 is 35.0 Å². The average molecular weight is 910 g/mol. The maximum absolute atomic E-state index is 14.4. The summed E-state index contributed by atoms with van der Waals surface area (Å²) in [5, 5.41) is 6.27. The molecule has 2 aliphatic heterocycles. The summed E-state index contributed by atoms with van der Waals surface area (Å²) in [5.74, 6) is -0.395. The van der Waals surface area contributed by atoms with E-state index in [4.69, 9.17) is 29.7 Å². The van der Waals surface area contributed by atoms with E-state index in [2.05, 4.69) is 48.1 Å². The molecule has 3 aromatic heterocycles. The van der Waals surface area contributed by atoms with E-state index >= 15 is 0 Å². The van der Waals surface area contributed by atoms with Crippen LogP contribution in [0.2, 0.25) is 0 Å². The third-order valence-electron chi connectivity index (χ3n) is 14.4. The van der Waals surface area contributed by atoms with Gasteiger partial charge in [-0.3, -0.25) is 19.2 Å². The number of fused-ring (bicyclic) bond motifs is 7. The Hall–Kier alpha value is -4.35. The van der Waals surface area contributed by atoms with E-state index < -0.39 is 17.7 Å². The molecule has 0 aromatic carbocycles. The minimum absolute atomic E-state index is 0. The number of methoxy groups -OCH3 is 1. The number of carbonyl (C=O) groups is 4. The molecule has 66 heavy (non-hydrogen) atoms. The van der Waals surface area contributed by atoms with Gasteiger partial charge in [0.1, 0.15) is 12.2 Å². The van der Waals surface area contributed by atoms with Crippen LogP contribution in [-0.2, 0) is 25.5 Å². The Morgan fingerprint density at radius 1 is 0.803 bits per heavy atom. The number of esters is 2. The normalized spacial score (nSPS) is 21.7. The van der Waals surface area contributed by atoms with Crippen molar-refractivity contribution >= 4 is 76.9 Å². The summed E-state index contributed by atoms with van der Waals surface area (Å²) < 4.78 is 11.1. The third kappa shape index (κ3) is 11.7. The van der Waals surface area contributed by atoms with E-state index in [9.17, 15) is 19.2 Å². The predicted molar refractivity (Wildman–Crippen MR) is 265 cm³/mol. The Kier molecular flexibility index (Phi) is 18.8. The standard InChI is InChI=1S/C55H73N4O6.Mg/c1-12-38-35(8)42-27-43-36(9)40(23-24-48(61)65-26-25-34(7)22-16-21-33(6)20-15-19-32(5)18-14-17-31(3)4)52(58-43)50-51(55(63)64-11)54(62)49-37(10)44(59-53(49)50)28-46-39(13-2)41(30-60)47(57-46)29-45(38)56-42;/h12,27-34,36,40,51H,1,13-26H2,2-11H3,(H-,58,59,60,62);/q-3;+2/p-1/b43-27-,47-29-;/t32-,33+,34?,36+,40+,51-;/m1./s1. The molecule has 1 saturated heterocycles. The fraction of sp³-hybridized carbons (Fsp3) is 0.564. The van der Waals surface area contributed by atoms with Gasteiger partial charge in [0.2, 0.25) is 0 Å². The van der Waals surface area contributed by atoms with Crippen LogP contribution >= 0.6 is 0 Å². The second kappa shape index (κ2) is 23.6. The van der Waals surface area contributed by atoms with Crippen LogP contribution in [0.4, 0.5) is 0 Å². The number of allylic oxidation sites excluding steroid dienone is 2. The van der Waals surface area contributed by atoms with Crippen LogP contribution in [-0.4, -0.2) is 60.8 Å². The molecule has 6 atom stereocenters. The number of Topliss-reactive ketones (excluding diaryl/α,β-unsaturated/α-hetero) is 1. The van der Waals surface area contributed by atoms with E-state index in [1.165, 1.54) is 58.5 Å². The number of rotatable bonds is 22. The first-order valence-electron chi connectivity index (χ1n) is 24.4. The number of nitrogens with zero attached hydrogens (tertiary/aromatic N) is 4. The predicted octanol–water partition coefficient (Wildman–Crippen LogP) is 9.95. The topological polar surface area (TPSA) is 143 Å². The van der Waals surface area contributed by atoms with E-state index in [1.807, 2.05) is 39.0 Å². The van der Waals surface area contributed by atoms with E-state index in [1.54, 1.807) is 6.08 Å². The number of hydrogen-bond acceptors (Lipinski definition) is 6. The molecule has 1 unspecified atom stereocenters. The zero-order chi connectivity index (χ0) is 47.1. The SMILES string of the molecule is C=Cc1c2[n-]c(c1C)/C=C1\[N-]/C(=C3\c4[n-]c(c(C)c4C(=O)[C@@H]3C(=O)OC)/C=c3\[n-]/c(c(C=O)c3CC)=C\2)[C@@H](CCC(=O)OCCC(C)CCC[C@@H](C)CCC[C@H](C)CCCC(C)C)[C@@H]1C.[Mg+2]. The van der Waals surface area contributed by atoms with Gasteiger partial charge in [0, 0.05) is 17.5 Å². The van der Waals surface area contributed by atoms with Crippen molar-refractivity contribution in [1.29, 1.82) is 0 Å². The van der Waals surface area contributed by atoms with Gasteiger partial charge in [0.05, 0.1) is 13.7 Å². The van der Waals surface area contributed by atoms with Gasteiger partial charge in [-0.05, 0) is 74.2 Å². The van der Waals surface area contributed by atoms with Crippen LogP contribution in [0, 0.1) is 55.3 Å². The van der Waals surface area contributed by atoms with Crippen molar-refractivity contribution in [3.05, 3.63) is 90.1 Å². The Morgan fingerprint density at radius 2 is 1.41 bits per heavy atom. The Morgan fingerprint density at radius 3 is 2.00 bits per heavy atom. The molecule has 5 heterocycles. The van der Waals surface area contributed by atoms with Gasteiger partial charge in [-0.2, -0.15) is 11.4 Å². The van der Waals surface area contributed by atoms with Crippen LogP contribution in [0.3, 0.4) is 0 Å². The van der Waals surface area contributed by atoms with E-state index in [-0.39, 0.29) is 47.3 Å². The number of hydrogen-bond donors (Lipinski definition) is 0. The van der Waals surface area contributed by atoms with Crippen LogP contribution < -0.4 is 25.7 Å². The minimum Gasteiger partial charge on any atom is -0.664 e.